The van der Waals surface area contributed by atoms with Crippen molar-refractivity contribution in [3.05, 3.63) is 158 Å². The summed E-state index contributed by atoms with van der Waals surface area (Å²) >= 11 is 0. The maximum Gasteiger partial charge on any atom is 0.200 e. The Morgan fingerprint density at radius 3 is 0.922 bits per heavy atom. The van der Waals surface area contributed by atoms with Crippen LogP contribution in [-0.2, 0) is 6.54 Å². The number of allylic oxidation sites excluding steroid dienone is 2. The van der Waals surface area contributed by atoms with Crippen molar-refractivity contribution in [1.29, 1.82) is 10.5 Å². The second-order valence-electron chi connectivity index (χ2n) is 13.4. The lowest BCUT2D eigenvalue weighted by Gasteiger charge is -2.44. The predicted molar refractivity (Wildman–Crippen MR) is 183 cm³/mol. The van der Waals surface area contributed by atoms with Crippen molar-refractivity contribution >= 4 is 28.0 Å². The third kappa shape index (κ3) is 8.44. The van der Waals surface area contributed by atoms with Gasteiger partial charge in [0.2, 0.25) is 0 Å². The molecule has 0 saturated heterocycles. The fraction of sp³-hybridized carbons (Fsp3) is 0.175. The summed E-state index contributed by atoms with van der Waals surface area (Å²) in [5, 5.41) is 18.1. The monoisotopic (exact) mass is 933 g/mol. The molecular weight excluding hydrogens is 913 g/mol. The molecule has 338 valence electrons. The minimum Gasteiger partial charge on any atom is -0.207 e. The minimum absolute atomic E-state index is 0.271. The van der Waals surface area contributed by atoms with Crippen LogP contribution in [0.1, 0.15) is 39.0 Å². The highest BCUT2D eigenvalue weighted by atomic mass is 19.2. The van der Waals surface area contributed by atoms with Crippen molar-refractivity contribution in [3.8, 4) is 12.1 Å². The highest BCUT2D eigenvalue weighted by molar-refractivity contribution is 7.20. The third-order valence-electron chi connectivity index (χ3n) is 9.77. The Bertz CT molecular complexity index is 2370. The molecule has 0 aliphatic heterocycles. The molecule has 0 aliphatic carbocycles. The molecule has 1 aromatic heterocycles. The number of hydrogen-bond donors (Lipinski definition) is 0. The topological polar surface area (TPSA) is 51.5 Å². The first-order valence-electron chi connectivity index (χ1n) is 17.7. The van der Waals surface area contributed by atoms with Gasteiger partial charge in [-0.05, 0) is 12.8 Å². The lowest BCUT2D eigenvalue weighted by molar-refractivity contribution is -0.689. The van der Waals surface area contributed by atoms with E-state index in [0.717, 1.165) is 24.8 Å². The Morgan fingerprint density at radius 2 is 0.672 bits per heavy atom. The summed E-state index contributed by atoms with van der Waals surface area (Å²) in [7, 11) is 0. The van der Waals surface area contributed by atoms with Crippen LogP contribution < -0.4 is 26.4 Å². The van der Waals surface area contributed by atoms with E-state index in [0.29, 0.717) is 6.54 Å². The summed E-state index contributed by atoms with van der Waals surface area (Å²) in [5.41, 5.74) is -13.1. The lowest BCUT2D eigenvalue weighted by Crippen LogP contribution is -2.81. The maximum atomic E-state index is 15.4. The summed E-state index contributed by atoms with van der Waals surface area (Å²) in [4.78, 5) is 0. The first kappa shape index (κ1) is 50.1. The fourth-order valence-corrected chi connectivity index (χ4v) is 6.87. The van der Waals surface area contributed by atoms with Crippen LogP contribution in [0.2, 0.25) is 0 Å². The second kappa shape index (κ2) is 19.9. The van der Waals surface area contributed by atoms with Crippen molar-refractivity contribution in [1.82, 2.24) is 0 Å². The molecule has 0 saturated carbocycles. The van der Waals surface area contributed by atoms with Gasteiger partial charge in [-0.25, -0.2) is 92.4 Å². The van der Waals surface area contributed by atoms with Crippen LogP contribution in [0.4, 0.5) is 87.8 Å². The van der Waals surface area contributed by atoms with Gasteiger partial charge in [0.1, 0.15) is 70.4 Å². The van der Waals surface area contributed by atoms with Gasteiger partial charge in [-0.2, -0.15) is 10.5 Å². The van der Waals surface area contributed by atoms with Gasteiger partial charge in [0.15, 0.2) is 88.7 Å². The average molecular weight is 933 g/mol. The van der Waals surface area contributed by atoms with E-state index in [-0.39, 0.29) is 5.57 Å². The van der Waals surface area contributed by atoms with E-state index in [1.165, 1.54) is 12.8 Å². The Hall–Kier alpha value is -6.59. The number of hydrogen-bond acceptors (Lipinski definition) is 2. The smallest absolute Gasteiger partial charge is 0.200 e. The van der Waals surface area contributed by atoms with Gasteiger partial charge in [0.05, 0.1) is 0 Å². The Labute approximate surface area is 346 Å². The quantitative estimate of drug-likeness (QED) is 0.0253. The van der Waals surface area contributed by atoms with E-state index >= 15 is 35.1 Å². The standard InChI is InChI=1S/C24BF20.C16H20N3/c26-5-1(6(27)14(35)21(42)13(5)34)25(2-7(28)15(36)22(43)16(37)8(2)29,3-9(30)17(38)23(44)18(39)10(3)31)4-11(32)19(40)24(45)20(41)12(4)33;1-2-3-4-6-9-15(16(12-17)13-18)14-19-10-7-5-8-11-19/h;5,7-8,10-11H,2-4,6,9,14H2,1H3/q-1;+1. The summed E-state index contributed by atoms with van der Waals surface area (Å²) in [6.45, 7) is 2.80. The zero-order chi connectivity index (χ0) is 48.3. The molecule has 0 N–H and O–H groups in total. The highest BCUT2D eigenvalue weighted by Crippen LogP contribution is 2.31. The molecular formula is C40H20BF20N3. The van der Waals surface area contributed by atoms with Crippen molar-refractivity contribution in [3.63, 3.8) is 0 Å². The van der Waals surface area contributed by atoms with Crippen LogP contribution in [-0.4, -0.2) is 6.15 Å². The van der Waals surface area contributed by atoms with Crippen LogP contribution in [0, 0.1) is 139 Å². The number of aromatic nitrogens is 1. The van der Waals surface area contributed by atoms with Gasteiger partial charge >= 0.3 is 0 Å². The molecule has 0 atom stereocenters. The van der Waals surface area contributed by atoms with Gasteiger partial charge in [0.25, 0.3) is 0 Å². The van der Waals surface area contributed by atoms with Crippen molar-refractivity contribution < 1.29 is 92.4 Å². The first-order valence-corrected chi connectivity index (χ1v) is 17.7. The number of nitriles is 2. The summed E-state index contributed by atoms with van der Waals surface area (Å²) < 4.78 is 296. The first-order chi connectivity index (χ1) is 30.0. The second-order valence-corrected chi connectivity index (χ2v) is 13.4. The van der Waals surface area contributed by atoms with Crippen LogP contribution in [0.3, 0.4) is 0 Å². The summed E-state index contributed by atoms with van der Waals surface area (Å²) in [6, 6.07) is 9.89. The van der Waals surface area contributed by atoms with E-state index in [1.807, 2.05) is 47.3 Å². The van der Waals surface area contributed by atoms with Crippen molar-refractivity contribution in [2.45, 2.75) is 45.6 Å². The van der Waals surface area contributed by atoms with E-state index in [9.17, 15) is 52.7 Å². The normalized spacial score (nSPS) is 11.2. The highest BCUT2D eigenvalue weighted by Gasteiger charge is 2.52. The molecule has 5 aromatic rings. The number of halogens is 20. The molecule has 3 nitrogen and oxygen atoms in total. The molecule has 5 rings (SSSR count). The Balaban J connectivity index is 0.000000395. The van der Waals surface area contributed by atoms with Gasteiger partial charge in [0, 0.05) is 17.7 Å². The molecule has 0 radical (unpaired) electrons. The summed E-state index contributed by atoms with van der Waals surface area (Å²) in [6.07, 6.45) is 2.13. The Morgan fingerprint density at radius 1 is 0.406 bits per heavy atom. The molecule has 64 heavy (non-hydrogen) atoms. The molecule has 0 bridgehead atoms. The largest absolute Gasteiger partial charge is 0.207 e. The van der Waals surface area contributed by atoms with Crippen LogP contribution in [0.5, 0.6) is 0 Å². The van der Waals surface area contributed by atoms with Crippen molar-refractivity contribution in [2.75, 3.05) is 0 Å². The molecule has 0 unspecified atom stereocenters. The SMILES string of the molecule is CCCCCCC(C[n+]1ccccc1)=C(C#N)C#N.Fc1c(F)c(F)c([B-](c2c(F)c(F)c(F)c(F)c2F)(c2c(F)c(F)c(F)c(F)c2F)c2c(F)c(F)c(F)c(F)c2F)c(F)c1F. The van der Waals surface area contributed by atoms with E-state index in [1.54, 1.807) is 0 Å². The van der Waals surface area contributed by atoms with Gasteiger partial charge in [-0.3, -0.25) is 0 Å². The third-order valence-corrected chi connectivity index (χ3v) is 9.77. The average Bonchev–Trinajstić information content (AvgIpc) is 3.28. The van der Waals surface area contributed by atoms with Crippen LogP contribution in [0.15, 0.2) is 41.7 Å². The number of benzene rings is 4. The minimum atomic E-state index is -7.22. The number of pyridine rings is 1. The number of unbranched alkanes of at least 4 members (excludes halogenated alkanes) is 3. The van der Waals surface area contributed by atoms with Crippen LogP contribution in [0.25, 0.3) is 0 Å². The molecule has 0 amide bonds. The molecule has 1 heterocycles. The predicted octanol–water partition coefficient (Wildman–Crippen LogP) is 9.13. The molecule has 0 spiro atoms. The Kier molecular flexibility index (Phi) is 15.5. The van der Waals surface area contributed by atoms with Gasteiger partial charge in [-0.1, -0.05) is 32.3 Å². The fourth-order valence-electron chi connectivity index (χ4n) is 6.87. The number of rotatable bonds is 11. The maximum absolute atomic E-state index is 15.4. The molecule has 4 aromatic carbocycles. The summed E-state index contributed by atoms with van der Waals surface area (Å²) in [5.74, 6) is -71.4. The van der Waals surface area contributed by atoms with E-state index < -0.39 is 144 Å². The zero-order valence-corrected chi connectivity index (χ0v) is 31.6. The zero-order valence-electron chi connectivity index (χ0n) is 31.6. The van der Waals surface area contributed by atoms with Gasteiger partial charge < -0.3 is 0 Å². The van der Waals surface area contributed by atoms with Crippen LogP contribution >= 0.6 is 0 Å². The van der Waals surface area contributed by atoms with Gasteiger partial charge in [-0.15, -0.1) is 21.9 Å². The number of nitrogens with zero attached hydrogens (tertiary/aromatic N) is 3. The molecule has 0 fully saturated rings. The molecule has 0 aliphatic rings. The molecule has 24 heteroatoms. The van der Waals surface area contributed by atoms with E-state index in [4.69, 9.17) is 10.5 Å². The lowest BCUT2D eigenvalue weighted by atomic mass is 9.12. The van der Waals surface area contributed by atoms with Crippen molar-refractivity contribution in [2.24, 2.45) is 0 Å². The van der Waals surface area contributed by atoms with E-state index in [2.05, 4.69) is 6.92 Å².